The van der Waals surface area contributed by atoms with Crippen molar-refractivity contribution in [2.45, 2.75) is 6.92 Å². The average molecular weight is 221 g/mol. The summed E-state index contributed by atoms with van der Waals surface area (Å²) in [5.41, 5.74) is 1.45. The highest BCUT2D eigenvalue weighted by atomic mass is 16.5. The van der Waals surface area contributed by atoms with E-state index < -0.39 is 0 Å². The van der Waals surface area contributed by atoms with Crippen LogP contribution in [0, 0.1) is 0 Å². The molecule has 1 aromatic rings. The van der Waals surface area contributed by atoms with E-state index in [1.54, 1.807) is 30.1 Å². The molecule has 4 heteroatoms. The lowest BCUT2D eigenvalue weighted by Gasteiger charge is -2.18. The van der Waals surface area contributed by atoms with Crippen molar-refractivity contribution in [3.8, 4) is 0 Å². The van der Waals surface area contributed by atoms with Crippen LogP contribution in [0.5, 0.6) is 0 Å². The number of Topliss-reactive ketones (excluding diaryl/α,β-unsaturated/α-hetero) is 1. The monoisotopic (exact) mass is 221 g/mol. The molecule has 0 spiro atoms. The van der Waals surface area contributed by atoms with E-state index in [0.29, 0.717) is 5.56 Å². The Hall–Kier alpha value is -1.84. The van der Waals surface area contributed by atoms with Crippen LogP contribution in [0.25, 0.3) is 0 Å². The van der Waals surface area contributed by atoms with Gasteiger partial charge >= 0.3 is 5.97 Å². The van der Waals surface area contributed by atoms with Gasteiger partial charge in [-0.05, 0) is 19.1 Å². The summed E-state index contributed by atoms with van der Waals surface area (Å²) in [7, 11) is 3.12. The SMILES string of the molecule is COC(=O)CN(C)c1cccc(C(C)=O)c1. The largest absolute Gasteiger partial charge is 0.468 e. The normalized spacial score (nSPS) is 9.69. The molecule has 0 bridgehead atoms. The van der Waals surface area contributed by atoms with Crippen molar-refractivity contribution < 1.29 is 14.3 Å². The van der Waals surface area contributed by atoms with E-state index >= 15 is 0 Å². The Balaban J connectivity index is 2.83. The molecule has 0 atom stereocenters. The maximum absolute atomic E-state index is 11.2. The lowest BCUT2D eigenvalue weighted by molar-refractivity contribution is -0.138. The van der Waals surface area contributed by atoms with Crippen molar-refractivity contribution in [1.29, 1.82) is 0 Å². The Morgan fingerprint density at radius 3 is 2.62 bits per heavy atom. The molecule has 0 radical (unpaired) electrons. The number of ether oxygens (including phenoxy) is 1. The number of likely N-dealkylation sites (N-methyl/N-ethyl adjacent to an activating group) is 1. The zero-order valence-electron chi connectivity index (χ0n) is 9.69. The first-order chi connectivity index (χ1) is 7.54. The molecule has 0 amide bonds. The molecule has 0 N–H and O–H groups in total. The van der Waals surface area contributed by atoms with Gasteiger partial charge in [0, 0.05) is 18.3 Å². The van der Waals surface area contributed by atoms with Gasteiger partial charge in [0.15, 0.2) is 5.78 Å². The standard InChI is InChI=1S/C12H15NO3/c1-9(14)10-5-4-6-11(7-10)13(2)8-12(15)16-3/h4-7H,8H2,1-3H3. The molecule has 1 rings (SSSR count). The highest BCUT2D eigenvalue weighted by molar-refractivity contribution is 5.95. The molecule has 0 saturated carbocycles. The highest BCUT2D eigenvalue weighted by Crippen LogP contribution is 2.15. The smallest absolute Gasteiger partial charge is 0.325 e. The Kier molecular flexibility index (Phi) is 4.05. The molecule has 4 nitrogen and oxygen atoms in total. The predicted octanol–water partition coefficient (Wildman–Crippen LogP) is 1.50. The minimum absolute atomic E-state index is 0.00770. The number of anilines is 1. The molecule has 0 aliphatic rings. The van der Waals surface area contributed by atoms with Crippen LogP contribution in [0.3, 0.4) is 0 Å². The fourth-order valence-corrected chi connectivity index (χ4v) is 1.31. The van der Waals surface area contributed by atoms with Crippen molar-refractivity contribution in [3.05, 3.63) is 29.8 Å². The Labute approximate surface area is 94.8 Å². The molecule has 0 aliphatic heterocycles. The first kappa shape index (κ1) is 12.2. The summed E-state index contributed by atoms with van der Waals surface area (Å²) >= 11 is 0. The van der Waals surface area contributed by atoms with Gasteiger partial charge in [0.2, 0.25) is 0 Å². The van der Waals surface area contributed by atoms with Crippen LogP contribution in [-0.4, -0.2) is 32.5 Å². The number of methoxy groups -OCH3 is 1. The number of hydrogen-bond donors (Lipinski definition) is 0. The van der Waals surface area contributed by atoms with Gasteiger partial charge in [-0.3, -0.25) is 9.59 Å². The molecule has 0 fully saturated rings. The topological polar surface area (TPSA) is 46.6 Å². The summed E-state index contributed by atoms with van der Waals surface area (Å²) in [6.07, 6.45) is 0. The number of benzene rings is 1. The van der Waals surface area contributed by atoms with Crippen molar-refractivity contribution in [1.82, 2.24) is 0 Å². The van der Waals surface area contributed by atoms with Crippen LogP contribution < -0.4 is 4.90 Å². The Morgan fingerprint density at radius 2 is 2.06 bits per heavy atom. The summed E-state index contributed by atoms with van der Waals surface area (Å²) < 4.78 is 4.57. The van der Waals surface area contributed by atoms with E-state index in [1.807, 2.05) is 6.07 Å². The third kappa shape index (κ3) is 3.08. The van der Waals surface area contributed by atoms with Crippen molar-refractivity contribution in [2.24, 2.45) is 0 Å². The number of carbonyl (C=O) groups excluding carboxylic acids is 2. The van der Waals surface area contributed by atoms with E-state index in [0.717, 1.165) is 5.69 Å². The van der Waals surface area contributed by atoms with Crippen molar-refractivity contribution in [2.75, 3.05) is 25.6 Å². The minimum atomic E-state index is -0.310. The first-order valence-electron chi connectivity index (χ1n) is 4.93. The van der Waals surface area contributed by atoms with Crippen LogP contribution in [0.15, 0.2) is 24.3 Å². The van der Waals surface area contributed by atoms with Gasteiger partial charge < -0.3 is 9.64 Å². The second-order valence-electron chi connectivity index (χ2n) is 3.54. The molecule has 0 aromatic heterocycles. The molecule has 0 saturated heterocycles. The van der Waals surface area contributed by atoms with Crippen molar-refractivity contribution in [3.63, 3.8) is 0 Å². The second kappa shape index (κ2) is 5.30. The third-order valence-electron chi connectivity index (χ3n) is 2.29. The number of hydrogen-bond acceptors (Lipinski definition) is 4. The summed E-state index contributed by atoms with van der Waals surface area (Å²) in [5.74, 6) is -0.302. The quantitative estimate of drug-likeness (QED) is 0.571. The molecule has 0 aliphatic carbocycles. The number of esters is 1. The van der Waals surface area contributed by atoms with Gasteiger partial charge in [-0.25, -0.2) is 0 Å². The van der Waals surface area contributed by atoms with E-state index in [-0.39, 0.29) is 18.3 Å². The number of rotatable bonds is 4. The van der Waals surface area contributed by atoms with Gasteiger partial charge in [0.1, 0.15) is 6.54 Å². The lowest BCUT2D eigenvalue weighted by atomic mass is 10.1. The van der Waals surface area contributed by atoms with E-state index in [1.165, 1.54) is 14.0 Å². The predicted molar refractivity (Wildman–Crippen MR) is 61.7 cm³/mol. The fourth-order valence-electron chi connectivity index (χ4n) is 1.31. The number of carbonyl (C=O) groups is 2. The van der Waals surface area contributed by atoms with E-state index in [4.69, 9.17) is 0 Å². The molecule has 16 heavy (non-hydrogen) atoms. The van der Waals surface area contributed by atoms with Gasteiger partial charge in [-0.15, -0.1) is 0 Å². The minimum Gasteiger partial charge on any atom is -0.468 e. The lowest BCUT2D eigenvalue weighted by Crippen LogP contribution is -2.26. The zero-order chi connectivity index (χ0) is 12.1. The third-order valence-corrected chi connectivity index (χ3v) is 2.29. The second-order valence-corrected chi connectivity index (χ2v) is 3.54. The van der Waals surface area contributed by atoms with Gasteiger partial charge in [-0.2, -0.15) is 0 Å². The van der Waals surface area contributed by atoms with Crippen LogP contribution in [-0.2, 0) is 9.53 Å². The van der Waals surface area contributed by atoms with Crippen LogP contribution in [0.4, 0.5) is 5.69 Å². The van der Waals surface area contributed by atoms with Gasteiger partial charge in [-0.1, -0.05) is 12.1 Å². The highest BCUT2D eigenvalue weighted by Gasteiger charge is 2.08. The Morgan fingerprint density at radius 1 is 1.38 bits per heavy atom. The molecular formula is C12H15NO3. The van der Waals surface area contributed by atoms with Gasteiger partial charge in [0.25, 0.3) is 0 Å². The summed E-state index contributed by atoms with van der Waals surface area (Å²) in [6, 6.07) is 7.14. The Bertz CT molecular complexity index is 401. The van der Waals surface area contributed by atoms with Crippen LogP contribution >= 0.6 is 0 Å². The average Bonchev–Trinajstić information content (AvgIpc) is 2.28. The summed E-state index contributed by atoms with van der Waals surface area (Å²) in [4.78, 5) is 24.0. The molecule has 0 unspecified atom stereocenters. The van der Waals surface area contributed by atoms with Crippen LogP contribution in [0.2, 0.25) is 0 Å². The summed E-state index contributed by atoms with van der Waals surface area (Å²) in [6.45, 7) is 1.68. The molecule has 0 heterocycles. The maximum Gasteiger partial charge on any atom is 0.325 e. The molecule has 1 aromatic carbocycles. The molecule has 86 valence electrons. The number of nitrogens with zero attached hydrogens (tertiary/aromatic N) is 1. The fraction of sp³-hybridized carbons (Fsp3) is 0.333. The van der Waals surface area contributed by atoms with Crippen LogP contribution in [0.1, 0.15) is 17.3 Å². The summed E-state index contributed by atoms with van der Waals surface area (Å²) in [5, 5.41) is 0. The van der Waals surface area contributed by atoms with Gasteiger partial charge in [0.05, 0.1) is 7.11 Å². The number of ketones is 1. The van der Waals surface area contributed by atoms with E-state index in [9.17, 15) is 9.59 Å². The van der Waals surface area contributed by atoms with Crippen molar-refractivity contribution >= 4 is 17.4 Å². The zero-order valence-corrected chi connectivity index (χ0v) is 9.69. The maximum atomic E-state index is 11.2. The van der Waals surface area contributed by atoms with E-state index in [2.05, 4.69) is 4.74 Å². The molecular weight excluding hydrogens is 206 g/mol. The first-order valence-corrected chi connectivity index (χ1v) is 4.93.